The number of rotatable bonds is 6. The van der Waals surface area contributed by atoms with E-state index in [1.807, 2.05) is 5.38 Å². The number of halogens is 5. The van der Waals surface area contributed by atoms with Gasteiger partial charge in [-0.25, -0.2) is 18.7 Å². The third-order valence-electron chi connectivity index (χ3n) is 6.36. The van der Waals surface area contributed by atoms with Gasteiger partial charge in [0.15, 0.2) is 12.7 Å². The quantitative estimate of drug-likeness (QED) is 0.379. The van der Waals surface area contributed by atoms with Gasteiger partial charge in [0.1, 0.15) is 23.0 Å². The van der Waals surface area contributed by atoms with E-state index >= 15 is 0 Å². The molecule has 0 bridgehead atoms. The van der Waals surface area contributed by atoms with Gasteiger partial charge in [-0.15, -0.1) is 11.3 Å². The lowest BCUT2D eigenvalue weighted by molar-refractivity contribution is -0.141. The summed E-state index contributed by atoms with van der Waals surface area (Å²) in [6.45, 7) is 0.469. The number of nitrogens with zero attached hydrogens (tertiary/aromatic N) is 4. The zero-order valence-corrected chi connectivity index (χ0v) is 20.6. The molecule has 0 spiro atoms. The van der Waals surface area contributed by atoms with Crippen molar-refractivity contribution in [2.45, 2.75) is 37.5 Å². The first-order chi connectivity index (χ1) is 18.2. The summed E-state index contributed by atoms with van der Waals surface area (Å²) in [6, 6.07) is 6.90. The Balaban J connectivity index is 1.13. The van der Waals surface area contributed by atoms with Crippen molar-refractivity contribution in [3.8, 4) is 5.88 Å². The number of alkyl halides is 3. The minimum absolute atomic E-state index is 0.103. The summed E-state index contributed by atoms with van der Waals surface area (Å²) in [5.74, 6) is -1.89. The van der Waals surface area contributed by atoms with Gasteiger partial charge in [-0.1, -0.05) is 17.3 Å². The third-order valence-corrected chi connectivity index (χ3v) is 7.37. The topological polar surface area (TPSA) is 76.9 Å². The number of ether oxygens (including phenoxy) is 1. The van der Waals surface area contributed by atoms with Gasteiger partial charge in [-0.2, -0.15) is 13.2 Å². The van der Waals surface area contributed by atoms with E-state index in [1.54, 1.807) is 4.90 Å². The lowest BCUT2D eigenvalue weighted by atomic mass is 9.97. The highest BCUT2D eigenvalue weighted by Crippen LogP contribution is 2.35. The van der Waals surface area contributed by atoms with E-state index in [4.69, 9.17) is 9.57 Å². The molecule has 2 aromatic heterocycles. The minimum atomic E-state index is -4.60. The Bertz CT molecular complexity index is 1330. The van der Waals surface area contributed by atoms with Crippen LogP contribution >= 0.6 is 11.3 Å². The molecule has 0 radical (unpaired) electrons. The first kappa shape index (κ1) is 26.0. The van der Waals surface area contributed by atoms with E-state index < -0.39 is 36.2 Å². The average Bonchev–Trinajstić information content (AvgIpc) is 3.57. The Morgan fingerprint density at radius 1 is 1.08 bits per heavy atom. The number of pyridine rings is 1. The van der Waals surface area contributed by atoms with Gasteiger partial charge in [0, 0.05) is 36.9 Å². The first-order valence-corrected chi connectivity index (χ1v) is 12.6. The Kier molecular flexibility index (Phi) is 7.28. The summed E-state index contributed by atoms with van der Waals surface area (Å²) >= 11 is 1.44. The maximum atomic E-state index is 14.1. The van der Waals surface area contributed by atoms with Crippen LogP contribution in [-0.4, -0.2) is 46.2 Å². The summed E-state index contributed by atoms with van der Waals surface area (Å²) in [4.78, 5) is 27.5. The summed E-state index contributed by atoms with van der Waals surface area (Å²) in [6.07, 6.45) is -3.98. The van der Waals surface area contributed by atoms with Crippen LogP contribution in [0.3, 0.4) is 0 Å². The van der Waals surface area contributed by atoms with Crippen molar-refractivity contribution < 1.29 is 36.3 Å². The van der Waals surface area contributed by atoms with Gasteiger partial charge in [0.25, 0.3) is 5.91 Å². The van der Waals surface area contributed by atoms with Gasteiger partial charge in [-0.05, 0) is 31.0 Å². The predicted octanol–water partition coefficient (Wildman–Crippen LogP) is 5.49. The van der Waals surface area contributed by atoms with Crippen LogP contribution in [0.4, 0.5) is 22.0 Å². The van der Waals surface area contributed by atoms with Gasteiger partial charge in [0.2, 0.25) is 5.88 Å². The predicted molar refractivity (Wildman–Crippen MR) is 127 cm³/mol. The molecule has 0 aliphatic carbocycles. The zero-order valence-electron chi connectivity index (χ0n) is 19.8. The highest BCUT2D eigenvalue weighted by atomic mass is 32.1. The van der Waals surface area contributed by atoms with E-state index in [-0.39, 0.29) is 29.7 Å². The Hall–Kier alpha value is -3.61. The standard InChI is InChI=1S/C25H21F5N4O3S/c26-15-3-1-4-16(27)23(15)19-11-17(33-37-19)18-13-38-24(31-18)14-7-9-34(10-8-14)22(35)12-36-21-6-2-5-20(32-21)25(28,29)30/h1-6,13-14,19H,7-12H2. The number of likely N-dealkylation sites (tertiary alicyclic amines) is 1. The molecule has 200 valence electrons. The molecular weight excluding hydrogens is 531 g/mol. The largest absolute Gasteiger partial charge is 0.468 e. The normalized spacial score (nSPS) is 18.3. The summed E-state index contributed by atoms with van der Waals surface area (Å²) in [7, 11) is 0. The van der Waals surface area contributed by atoms with Crippen LogP contribution in [0.25, 0.3) is 0 Å². The van der Waals surface area contributed by atoms with Crippen LogP contribution < -0.4 is 4.74 Å². The molecule has 2 aliphatic heterocycles. The molecule has 1 amide bonds. The Morgan fingerprint density at radius 3 is 2.50 bits per heavy atom. The number of piperidine rings is 1. The molecule has 1 saturated heterocycles. The van der Waals surface area contributed by atoms with Crippen molar-refractivity contribution in [1.29, 1.82) is 0 Å². The molecule has 1 atom stereocenters. The first-order valence-electron chi connectivity index (χ1n) is 11.8. The van der Waals surface area contributed by atoms with E-state index in [0.29, 0.717) is 37.3 Å². The van der Waals surface area contributed by atoms with Crippen LogP contribution in [0.2, 0.25) is 0 Å². The van der Waals surface area contributed by atoms with Gasteiger partial charge in [-0.3, -0.25) is 4.79 Å². The molecule has 5 rings (SSSR count). The van der Waals surface area contributed by atoms with E-state index in [1.165, 1.54) is 41.7 Å². The van der Waals surface area contributed by atoms with Crippen molar-refractivity contribution in [3.63, 3.8) is 0 Å². The van der Waals surface area contributed by atoms with Crippen molar-refractivity contribution in [1.82, 2.24) is 14.9 Å². The maximum Gasteiger partial charge on any atom is 0.433 e. The van der Waals surface area contributed by atoms with Crippen LogP contribution in [0, 0.1) is 11.6 Å². The Morgan fingerprint density at radius 2 is 1.79 bits per heavy atom. The molecule has 13 heteroatoms. The van der Waals surface area contributed by atoms with Gasteiger partial charge >= 0.3 is 6.18 Å². The molecular formula is C25H21F5N4O3S. The van der Waals surface area contributed by atoms with Crippen LogP contribution in [0.5, 0.6) is 5.88 Å². The number of aromatic nitrogens is 2. The smallest absolute Gasteiger partial charge is 0.433 e. The monoisotopic (exact) mass is 552 g/mol. The molecule has 1 fully saturated rings. The van der Waals surface area contributed by atoms with Gasteiger partial charge in [0.05, 0.1) is 16.3 Å². The van der Waals surface area contributed by atoms with Crippen molar-refractivity contribution in [2.24, 2.45) is 5.16 Å². The van der Waals surface area contributed by atoms with E-state index in [9.17, 15) is 26.7 Å². The van der Waals surface area contributed by atoms with Crippen molar-refractivity contribution in [2.75, 3.05) is 19.7 Å². The second-order valence-corrected chi connectivity index (χ2v) is 9.73. The summed E-state index contributed by atoms with van der Waals surface area (Å²) in [5, 5.41) is 6.68. The van der Waals surface area contributed by atoms with Crippen LogP contribution in [0.15, 0.2) is 46.9 Å². The number of oxime groups is 1. The highest BCUT2D eigenvalue weighted by Gasteiger charge is 2.33. The average molecular weight is 553 g/mol. The van der Waals surface area contributed by atoms with Crippen molar-refractivity contribution >= 4 is 23.0 Å². The molecule has 7 nitrogen and oxygen atoms in total. The summed E-state index contributed by atoms with van der Waals surface area (Å²) in [5.41, 5.74) is -0.152. The number of amides is 1. The second kappa shape index (κ2) is 10.6. The van der Waals surface area contributed by atoms with Crippen LogP contribution in [-0.2, 0) is 15.8 Å². The minimum Gasteiger partial charge on any atom is -0.468 e. The fourth-order valence-corrected chi connectivity index (χ4v) is 5.37. The molecule has 1 unspecified atom stereocenters. The lowest BCUT2D eigenvalue weighted by Crippen LogP contribution is -2.40. The molecule has 3 aromatic rings. The van der Waals surface area contributed by atoms with Crippen LogP contribution in [0.1, 0.15) is 53.2 Å². The maximum absolute atomic E-state index is 14.1. The van der Waals surface area contributed by atoms with Crippen molar-refractivity contribution in [3.05, 3.63) is 75.4 Å². The highest BCUT2D eigenvalue weighted by molar-refractivity contribution is 7.10. The van der Waals surface area contributed by atoms with E-state index in [2.05, 4.69) is 15.1 Å². The molecule has 4 heterocycles. The fourth-order valence-electron chi connectivity index (χ4n) is 4.37. The molecule has 1 aromatic carbocycles. The molecule has 0 N–H and O–H groups in total. The SMILES string of the molecule is O=C(COc1cccc(C(F)(F)F)n1)N1CCC(c2nc(C3=NOC(c4c(F)cccc4F)C3)cs2)CC1. The molecule has 38 heavy (non-hydrogen) atoms. The molecule has 0 saturated carbocycles. The van der Waals surface area contributed by atoms with E-state index in [0.717, 1.165) is 11.1 Å². The number of hydrogen-bond acceptors (Lipinski definition) is 7. The van der Waals surface area contributed by atoms with Gasteiger partial charge < -0.3 is 14.5 Å². The Labute approximate surface area is 217 Å². The number of carbonyl (C=O) groups excluding carboxylic acids is 1. The zero-order chi connectivity index (χ0) is 26.9. The lowest BCUT2D eigenvalue weighted by Gasteiger charge is -2.31. The number of carbonyl (C=O) groups is 1. The molecule has 2 aliphatic rings. The number of benzene rings is 1. The fraction of sp³-hybridized carbons (Fsp3) is 0.360. The number of hydrogen-bond donors (Lipinski definition) is 0. The number of thiazole rings is 1. The third kappa shape index (κ3) is 5.62. The second-order valence-electron chi connectivity index (χ2n) is 8.85. The summed E-state index contributed by atoms with van der Waals surface area (Å²) < 4.78 is 71.8.